The van der Waals surface area contributed by atoms with Gasteiger partial charge in [0.25, 0.3) is 0 Å². The van der Waals surface area contributed by atoms with Crippen LogP contribution in [-0.4, -0.2) is 48.3 Å². The van der Waals surface area contributed by atoms with Crippen molar-refractivity contribution in [1.82, 2.24) is 10.2 Å². The van der Waals surface area contributed by atoms with Crippen molar-refractivity contribution in [3.63, 3.8) is 0 Å². The summed E-state index contributed by atoms with van der Waals surface area (Å²) < 4.78 is 14.2. The maximum Gasteiger partial charge on any atom is 0.317 e. The molecule has 108 valence electrons. The molecule has 3 rings (SSSR count). The molecule has 2 heterocycles. The zero-order valence-electron chi connectivity index (χ0n) is 11.3. The van der Waals surface area contributed by atoms with Gasteiger partial charge < -0.3 is 20.2 Å². The summed E-state index contributed by atoms with van der Waals surface area (Å²) in [5.74, 6) is -0.325. The standard InChI is InChI=1S/C14H18FN3O2/c1-9(19)11-3-2-4-12(15)13(11)17-5-6-18-10(8-17)7-16-14(18)20/h2-4,9-10,19H,5-8H2,1H3,(H,16,20). The Labute approximate surface area is 117 Å². The van der Waals surface area contributed by atoms with Crippen LogP contribution >= 0.6 is 0 Å². The third kappa shape index (κ3) is 2.10. The van der Waals surface area contributed by atoms with Gasteiger partial charge in [0.05, 0.1) is 17.8 Å². The van der Waals surface area contributed by atoms with E-state index >= 15 is 0 Å². The van der Waals surface area contributed by atoms with E-state index in [4.69, 9.17) is 0 Å². The number of para-hydroxylation sites is 1. The average molecular weight is 279 g/mol. The maximum absolute atomic E-state index is 14.2. The number of fused-ring (bicyclic) bond motifs is 1. The Balaban J connectivity index is 1.89. The Morgan fingerprint density at radius 1 is 1.45 bits per heavy atom. The highest BCUT2D eigenvalue weighted by Crippen LogP contribution is 2.31. The minimum Gasteiger partial charge on any atom is -0.389 e. The number of aliphatic hydroxyl groups is 1. The Kier molecular flexibility index (Phi) is 3.25. The lowest BCUT2D eigenvalue weighted by molar-refractivity contribution is 0.193. The number of piperazine rings is 1. The van der Waals surface area contributed by atoms with Crippen LogP contribution in [0.4, 0.5) is 14.9 Å². The van der Waals surface area contributed by atoms with Crippen LogP contribution < -0.4 is 10.2 Å². The SMILES string of the molecule is CC(O)c1cccc(F)c1N1CCN2C(=O)NCC2C1. The lowest BCUT2D eigenvalue weighted by Crippen LogP contribution is -2.52. The van der Waals surface area contributed by atoms with Crippen LogP contribution in [0.2, 0.25) is 0 Å². The largest absolute Gasteiger partial charge is 0.389 e. The van der Waals surface area contributed by atoms with E-state index in [0.29, 0.717) is 37.4 Å². The lowest BCUT2D eigenvalue weighted by atomic mass is 10.0. The van der Waals surface area contributed by atoms with E-state index in [-0.39, 0.29) is 17.9 Å². The van der Waals surface area contributed by atoms with Crippen molar-refractivity contribution in [1.29, 1.82) is 0 Å². The van der Waals surface area contributed by atoms with Gasteiger partial charge in [-0.1, -0.05) is 12.1 Å². The van der Waals surface area contributed by atoms with Gasteiger partial charge in [0.15, 0.2) is 0 Å². The van der Waals surface area contributed by atoms with Gasteiger partial charge in [0.1, 0.15) is 5.82 Å². The van der Waals surface area contributed by atoms with Crippen molar-refractivity contribution in [2.75, 3.05) is 31.1 Å². The first-order chi connectivity index (χ1) is 9.58. The quantitative estimate of drug-likeness (QED) is 0.852. The van der Waals surface area contributed by atoms with Gasteiger partial charge >= 0.3 is 6.03 Å². The normalized spacial score (nSPS) is 23.6. The molecule has 2 atom stereocenters. The van der Waals surface area contributed by atoms with Crippen LogP contribution in [0.25, 0.3) is 0 Å². The molecule has 2 saturated heterocycles. The van der Waals surface area contributed by atoms with E-state index < -0.39 is 6.10 Å². The molecule has 0 radical (unpaired) electrons. The summed E-state index contributed by atoms with van der Waals surface area (Å²) in [4.78, 5) is 15.3. The molecule has 2 fully saturated rings. The number of anilines is 1. The van der Waals surface area contributed by atoms with Crippen molar-refractivity contribution in [3.8, 4) is 0 Å². The molecule has 0 bridgehead atoms. The number of hydrogen-bond donors (Lipinski definition) is 2. The molecule has 20 heavy (non-hydrogen) atoms. The zero-order chi connectivity index (χ0) is 14.3. The van der Waals surface area contributed by atoms with Crippen LogP contribution in [0, 0.1) is 5.82 Å². The summed E-state index contributed by atoms with van der Waals surface area (Å²) >= 11 is 0. The number of aliphatic hydroxyl groups excluding tert-OH is 1. The number of amides is 2. The summed E-state index contributed by atoms with van der Waals surface area (Å²) in [7, 11) is 0. The number of carbonyl (C=O) groups excluding carboxylic acids is 1. The molecule has 0 aliphatic carbocycles. The first-order valence-corrected chi connectivity index (χ1v) is 6.84. The molecular formula is C14H18FN3O2. The van der Waals surface area contributed by atoms with Crippen LogP contribution in [0.5, 0.6) is 0 Å². The summed E-state index contributed by atoms with van der Waals surface area (Å²) in [6.07, 6.45) is -0.720. The third-order valence-electron chi connectivity index (χ3n) is 4.02. The Morgan fingerprint density at radius 3 is 3.00 bits per heavy atom. The van der Waals surface area contributed by atoms with Crippen LogP contribution in [0.15, 0.2) is 18.2 Å². The molecule has 0 aromatic heterocycles. The molecule has 2 aliphatic heterocycles. The second-order valence-electron chi connectivity index (χ2n) is 5.33. The minimum atomic E-state index is -0.720. The van der Waals surface area contributed by atoms with E-state index in [2.05, 4.69) is 5.32 Å². The number of hydrogen-bond acceptors (Lipinski definition) is 3. The van der Waals surface area contributed by atoms with Gasteiger partial charge in [-0.2, -0.15) is 0 Å². The number of rotatable bonds is 2. The summed E-state index contributed by atoms with van der Waals surface area (Å²) in [5.41, 5.74) is 1.05. The molecule has 0 saturated carbocycles. The summed E-state index contributed by atoms with van der Waals surface area (Å²) in [5, 5.41) is 12.6. The van der Waals surface area contributed by atoms with E-state index in [1.165, 1.54) is 6.07 Å². The minimum absolute atomic E-state index is 0.0427. The highest BCUT2D eigenvalue weighted by Gasteiger charge is 2.36. The van der Waals surface area contributed by atoms with E-state index in [1.807, 2.05) is 4.90 Å². The summed E-state index contributed by atoms with van der Waals surface area (Å²) in [6, 6.07) is 4.79. The van der Waals surface area contributed by atoms with Crippen molar-refractivity contribution < 1.29 is 14.3 Å². The summed E-state index contributed by atoms with van der Waals surface area (Å²) in [6.45, 7) is 3.96. The Bertz CT molecular complexity index is 535. The molecule has 2 unspecified atom stereocenters. The van der Waals surface area contributed by atoms with E-state index in [1.54, 1.807) is 24.0 Å². The second-order valence-corrected chi connectivity index (χ2v) is 5.33. The zero-order valence-corrected chi connectivity index (χ0v) is 11.3. The number of urea groups is 1. The molecular weight excluding hydrogens is 261 g/mol. The van der Waals surface area contributed by atoms with Crippen molar-refractivity contribution in [3.05, 3.63) is 29.6 Å². The topological polar surface area (TPSA) is 55.8 Å². The highest BCUT2D eigenvalue weighted by atomic mass is 19.1. The smallest absolute Gasteiger partial charge is 0.317 e. The molecule has 6 heteroatoms. The highest BCUT2D eigenvalue weighted by molar-refractivity contribution is 5.77. The van der Waals surface area contributed by atoms with Crippen LogP contribution in [0.1, 0.15) is 18.6 Å². The van der Waals surface area contributed by atoms with Gasteiger partial charge in [-0.25, -0.2) is 9.18 Å². The average Bonchev–Trinajstić information content (AvgIpc) is 2.79. The molecule has 2 N–H and O–H groups in total. The first-order valence-electron chi connectivity index (χ1n) is 6.84. The predicted molar refractivity (Wildman–Crippen MR) is 73.1 cm³/mol. The number of halogens is 1. The Hall–Kier alpha value is -1.82. The van der Waals surface area contributed by atoms with E-state index in [0.717, 1.165) is 0 Å². The van der Waals surface area contributed by atoms with Gasteiger partial charge in [0.2, 0.25) is 0 Å². The van der Waals surface area contributed by atoms with Crippen molar-refractivity contribution in [2.24, 2.45) is 0 Å². The second kappa shape index (κ2) is 4.94. The van der Waals surface area contributed by atoms with Gasteiger partial charge in [-0.3, -0.25) is 0 Å². The maximum atomic E-state index is 14.2. The number of nitrogens with one attached hydrogen (secondary N) is 1. The van der Waals surface area contributed by atoms with Gasteiger partial charge in [0, 0.05) is 31.7 Å². The van der Waals surface area contributed by atoms with Crippen molar-refractivity contribution in [2.45, 2.75) is 19.1 Å². The third-order valence-corrected chi connectivity index (χ3v) is 4.02. The molecule has 1 aromatic carbocycles. The number of carbonyl (C=O) groups is 1. The van der Waals surface area contributed by atoms with Crippen LogP contribution in [-0.2, 0) is 0 Å². The molecule has 5 nitrogen and oxygen atoms in total. The Morgan fingerprint density at radius 2 is 2.25 bits per heavy atom. The van der Waals surface area contributed by atoms with Crippen molar-refractivity contribution >= 4 is 11.7 Å². The lowest BCUT2D eigenvalue weighted by Gasteiger charge is -2.39. The van der Waals surface area contributed by atoms with Gasteiger partial charge in [-0.15, -0.1) is 0 Å². The predicted octanol–water partition coefficient (Wildman–Crippen LogP) is 1.09. The number of benzene rings is 1. The van der Waals surface area contributed by atoms with Crippen LogP contribution in [0.3, 0.4) is 0 Å². The molecule has 1 aromatic rings. The molecule has 2 amide bonds. The number of nitrogens with zero attached hydrogens (tertiary/aromatic N) is 2. The molecule has 0 spiro atoms. The van der Waals surface area contributed by atoms with Gasteiger partial charge in [-0.05, 0) is 13.0 Å². The monoisotopic (exact) mass is 279 g/mol. The fraction of sp³-hybridized carbons (Fsp3) is 0.500. The van der Waals surface area contributed by atoms with E-state index in [9.17, 15) is 14.3 Å². The fourth-order valence-corrected chi connectivity index (χ4v) is 3.01. The molecule has 2 aliphatic rings. The fourth-order valence-electron chi connectivity index (χ4n) is 3.01. The first kappa shape index (κ1) is 13.2.